The molecule has 0 bridgehead atoms. The molecule has 3 aromatic rings. The van der Waals surface area contributed by atoms with E-state index >= 15 is 0 Å². The minimum Gasteiger partial charge on any atom is -0.494 e. The van der Waals surface area contributed by atoms with Crippen LogP contribution in [0.1, 0.15) is 12.8 Å². The first-order valence-corrected chi connectivity index (χ1v) is 11.0. The first-order valence-electron chi connectivity index (χ1n) is 11.0. The van der Waals surface area contributed by atoms with Crippen LogP contribution in [0.3, 0.4) is 0 Å². The van der Waals surface area contributed by atoms with Crippen molar-refractivity contribution in [3.8, 4) is 17.2 Å². The molecule has 0 radical (unpaired) electrons. The Morgan fingerprint density at radius 1 is 1.06 bits per heavy atom. The molecular weight excluding hydrogens is 533 g/mol. The Morgan fingerprint density at radius 2 is 1.91 bits per heavy atom. The number of ether oxygens (including phenoxy) is 3. The first-order chi connectivity index (χ1) is 15.9. The van der Waals surface area contributed by atoms with Gasteiger partial charge in [0.25, 0.3) is 0 Å². The van der Waals surface area contributed by atoms with Crippen molar-refractivity contribution in [3.63, 3.8) is 0 Å². The highest BCUT2D eigenvalue weighted by atomic mass is 127. The monoisotopic (exact) mass is 563 g/mol. The van der Waals surface area contributed by atoms with Crippen molar-refractivity contribution in [1.29, 1.82) is 0 Å². The van der Waals surface area contributed by atoms with Crippen molar-refractivity contribution in [3.05, 3.63) is 67.0 Å². The van der Waals surface area contributed by atoms with Gasteiger partial charge in [-0.1, -0.05) is 18.2 Å². The van der Waals surface area contributed by atoms with Crippen LogP contribution in [0.2, 0.25) is 0 Å². The van der Waals surface area contributed by atoms with Gasteiger partial charge in [-0.25, -0.2) is 0 Å². The molecule has 4 rings (SSSR count). The number of halogens is 1. The average Bonchev–Trinajstić information content (AvgIpc) is 3.23. The Labute approximate surface area is 211 Å². The fourth-order valence-electron chi connectivity index (χ4n) is 3.20. The number of aromatic nitrogens is 2. The number of nitrogens with zero attached hydrogens (tertiary/aromatic N) is 3. The molecule has 1 aliphatic rings. The fourth-order valence-corrected chi connectivity index (χ4v) is 3.20. The number of benzene rings is 2. The van der Waals surface area contributed by atoms with Gasteiger partial charge in [0, 0.05) is 50.1 Å². The normalized spacial score (nSPS) is 12.9. The molecule has 0 amide bonds. The topological polar surface area (TPSA) is 81.9 Å². The number of nitrogens with one attached hydrogen (secondary N) is 2. The molecule has 2 heterocycles. The van der Waals surface area contributed by atoms with Crippen LogP contribution in [0.15, 0.2) is 72.0 Å². The lowest BCUT2D eigenvalue weighted by atomic mass is 10.2. The van der Waals surface area contributed by atoms with Crippen molar-refractivity contribution in [2.75, 3.05) is 38.2 Å². The number of aliphatic imine (C=N–C) groups is 1. The molecule has 2 N–H and O–H groups in total. The summed E-state index contributed by atoms with van der Waals surface area (Å²) in [5, 5.41) is 11.0. The second-order valence-corrected chi connectivity index (χ2v) is 7.28. The van der Waals surface area contributed by atoms with Gasteiger partial charge >= 0.3 is 0 Å². The van der Waals surface area contributed by atoms with Gasteiger partial charge in [0.2, 0.25) is 0 Å². The number of anilines is 1. The van der Waals surface area contributed by atoms with Crippen LogP contribution in [0.4, 0.5) is 5.69 Å². The van der Waals surface area contributed by atoms with Crippen LogP contribution in [0.25, 0.3) is 0 Å². The third kappa shape index (κ3) is 8.16. The molecule has 2 aromatic carbocycles. The quantitative estimate of drug-likeness (QED) is 0.176. The number of guanidine groups is 1. The second kappa shape index (κ2) is 13.6. The average molecular weight is 563 g/mol. The zero-order chi connectivity index (χ0) is 21.8. The summed E-state index contributed by atoms with van der Waals surface area (Å²) in [5.41, 5.74) is 0.889. The highest BCUT2D eigenvalue weighted by molar-refractivity contribution is 14.0. The maximum Gasteiger partial charge on any atom is 0.195 e. The summed E-state index contributed by atoms with van der Waals surface area (Å²) in [6, 6.07) is 17.6. The molecule has 0 spiro atoms. The molecule has 0 atom stereocenters. The van der Waals surface area contributed by atoms with Gasteiger partial charge < -0.3 is 24.8 Å². The minimum absolute atomic E-state index is 0. The molecule has 0 saturated heterocycles. The number of hydrogen-bond donors (Lipinski definition) is 2. The van der Waals surface area contributed by atoms with E-state index in [0.29, 0.717) is 38.9 Å². The highest BCUT2D eigenvalue weighted by Crippen LogP contribution is 2.32. The van der Waals surface area contributed by atoms with Crippen molar-refractivity contribution in [2.45, 2.75) is 19.4 Å². The van der Waals surface area contributed by atoms with Gasteiger partial charge in [-0.15, -0.1) is 24.0 Å². The highest BCUT2D eigenvalue weighted by Gasteiger charge is 2.11. The molecule has 176 valence electrons. The van der Waals surface area contributed by atoms with Crippen LogP contribution >= 0.6 is 24.0 Å². The second-order valence-electron chi connectivity index (χ2n) is 7.28. The predicted octanol–water partition coefficient (Wildman–Crippen LogP) is 4.19. The van der Waals surface area contributed by atoms with Gasteiger partial charge in [-0.2, -0.15) is 5.10 Å². The van der Waals surface area contributed by atoms with Gasteiger partial charge in [0.05, 0.1) is 26.4 Å². The molecule has 0 aliphatic carbocycles. The van der Waals surface area contributed by atoms with Crippen LogP contribution in [-0.4, -0.2) is 48.7 Å². The SMILES string of the molecule is I.c1ccc(OCCCN=C(NCCn2cccn2)Nc2ccc3c(c2)OCCCO3)cc1. The van der Waals surface area contributed by atoms with E-state index in [-0.39, 0.29) is 24.0 Å². The lowest BCUT2D eigenvalue weighted by Gasteiger charge is -2.15. The molecule has 0 fully saturated rings. The largest absolute Gasteiger partial charge is 0.494 e. The first kappa shape index (κ1) is 24.7. The van der Waals surface area contributed by atoms with Crippen LogP contribution in [0.5, 0.6) is 17.2 Å². The lowest BCUT2D eigenvalue weighted by Crippen LogP contribution is -2.33. The lowest BCUT2D eigenvalue weighted by molar-refractivity contribution is 0.297. The van der Waals surface area contributed by atoms with Gasteiger partial charge in [-0.3, -0.25) is 9.67 Å². The zero-order valence-corrected chi connectivity index (χ0v) is 20.8. The number of rotatable bonds is 9. The minimum atomic E-state index is 0. The molecule has 8 nitrogen and oxygen atoms in total. The summed E-state index contributed by atoms with van der Waals surface area (Å²) in [4.78, 5) is 4.71. The van der Waals surface area contributed by atoms with E-state index in [1.54, 1.807) is 6.20 Å². The molecule has 0 saturated carbocycles. The third-order valence-electron chi connectivity index (χ3n) is 4.79. The van der Waals surface area contributed by atoms with Crippen molar-refractivity contribution >= 4 is 35.6 Å². The van der Waals surface area contributed by atoms with E-state index < -0.39 is 0 Å². The zero-order valence-electron chi connectivity index (χ0n) is 18.5. The maximum atomic E-state index is 5.80. The summed E-state index contributed by atoms with van der Waals surface area (Å²) in [7, 11) is 0. The Bertz CT molecular complexity index is 983. The van der Waals surface area contributed by atoms with E-state index in [2.05, 4.69) is 15.7 Å². The summed E-state index contributed by atoms with van der Waals surface area (Å²) < 4.78 is 19.2. The molecule has 1 aromatic heterocycles. The molecule has 1 aliphatic heterocycles. The molecule has 0 unspecified atom stereocenters. The molecular formula is C24H30IN5O3. The Balaban J connectivity index is 0.00000306. The summed E-state index contributed by atoms with van der Waals surface area (Å²) in [6.07, 6.45) is 5.40. The Kier molecular flexibility index (Phi) is 10.1. The van der Waals surface area contributed by atoms with E-state index in [0.717, 1.165) is 42.3 Å². The van der Waals surface area contributed by atoms with Crippen LogP contribution in [0, 0.1) is 0 Å². The van der Waals surface area contributed by atoms with E-state index in [4.69, 9.17) is 19.2 Å². The number of fused-ring (bicyclic) bond motifs is 1. The summed E-state index contributed by atoms with van der Waals surface area (Å²) in [5.74, 6) is 3.10. The molecule has 33 heavy (non-hydrogen) atoms. The van der Waals surface area contributed by atoms with Gasteiger partial charge in [-0.05, 0) is 30.3 Å². The van der Waals surface area contributed by atoms with Crippen molar-refractivity contribution < 1.29 is 14.2 Å². The fraction of sp³-hybridized carbons (Fsp3) is 0.333. The smallest absolute Gasteiger partial charge is 0.195 e. The number of hydrogen-bond acceptors (Lipinski definition) is 5. The van der Waals surface area contributed by atoms with Gasteiger partial charge in [0.1, 0.15) is 5.75 Å². The predicted molar refractivity (Wildman–Crippen MR) is 140 cm³/mol. The van der Waals surface area contributed by atoms with Crippen molar-refractivity contribution in [2.24, 2.45) is 4.99 Å². The van der Waals surface area contributed by atoms with E-state index in [1.807, 2.05) is 65.5 Å². The Hall–Kier alpha value is -2.95. The van der Waals surface area contributed by atoms with E-state index in [9.17, 15) is 0 Å². The summed E-state index contributed by atoms with van der Waals surface area (Å²) >= 11 is 0. The number of para-hydroxylation sites is 1. The van der Waals surface area contributed by atoms with Crippen LogP contribution in [-0.2, 0) is 6.54 Å². The Morgan fingerprint density at radius 3 is 2.73 bits per heavy atom. The van der Waals surface area contributed by atoms with Crippen LogP contribution < -0.4 is 24.8 Å². The van der Waals surface area contributed by atoms with Gasteiger partial charge in [0.15, 0.2) is 17.5 Å². The third-order valence-corrected chi connectivity index (χ3v) is 4.79. The standard InChI is InChI=1S/C24H29N5O3.HI/c1-2-7-21(8-3-1)30-16-5-11-25-24(26-13-15-29-14-4-12-27-29)28-20-9-10-22-23(19-20)32-18-6-17-31-22;/h1-4,7-10,12,14,19H,5-6,11,13,15-18H2,(H2,25,26,28);1H. The van der Waals surface area contributed by atoms with E-state index in [1.165, 1.54) is 0 Å². The van der Waals surface area contributed by atoms with Crippen molar-refractivity contribution in [1.82, 2.24) is 15.1 Å². The molecule has 9 heteroatoms. The summed E-state index contributed by atoms with van der Waals surface area (Å²) in [6.45, 7) is 4.00. The maximum absolute atomic E-state index is 5.80.